The fraction of sp³-hybridized carbons (Fsp3) is 0.846. The Balaban J connectivity index is 1.67. The second-order valence-electron chi connectivity index (χ2n) is 5.58. The molecule has 1 aliphatic rings. The monoisotopic (exact) mass is 252 g/mol. The first-order valence-corrected chi connectivity index (χ1v) is 6.88. The van der Waals surface area contributed by atoms with Gasteiger partial charge in [-0.25, -0.2) is 0 Å². The summed E-state index contributed by atoms with van der Waals surface area (Å²) in [4.78, 5) is 6.76. The highest BCUT2D eigenvalue weighted by molar-refractivity contribution is 4.85. The zero-order valence-corrected chi connectivity index (χ0v) is 11.6. The SMILES string of the molecule is Cc1nc(CNC2CCN(CC(C)C)CC2)no1. The highest BCUT2D eigenvalue weighted by Gasteiger charge is 2.19. The molecule has 1 saturated heterocycles. The molecule has 1 N–H and O–H groups in total. The van der Waals surface area contributed by atoms with Crippen LogP contribution in [0.15, 0.2) is 4.52 Å². The minimum absolute atomic E-state index is 0.590. The van der Waals surface area contributed by atoms with E-state index in [-0.39, 0.29) is 0 Å². The van der Waals surface area contributed by atoms with Gasteiger partial charge in [0.25, 0.3) is 0 Å². The second-order valence-corrected chi connectivity index (χ2v) is 5.58. The Labute approximate surface area is 109 Å². The molecule has 2 rings (SSSR count). The first kappa shape index (κ1) is 13.5. The zero-order chi connectivity index (χ0) is 13.0. The van der Waals surface area contributed by atoms with Gasteiger partial charge in [0.05, 0.1) is 6.54 Å². The molecule has 0 atom stereocenters. The van der Waals surface area contributed by atoms with Gasteiger partial charge in [-0.2, -0.15) is 4.98 Å². The predicted molar refractivity (Wildman–Crippen MR) is 70.2 cm³/mol. The summed E-state index contributed by atoms with van der Waals surface area (Å²) in [6, 6.07) is 0.590. The standard InChI is InChI=1S/C13H24N4O/c1-10(2)9-17-6-4-12(5-7-17)14-8-13-15-11(3)18-16-13/h10,12,14H,4-9H2,1-3H3. The molecule has 0 spiro atoms. The van der Waals surface area contributed by atoms with Crippen molar-refractivity contribution in [3.63, 3.8) is 0 Å². The Morgan fingerprint density at radius 1 is 1.39 bits per heavy atom. The fourth-order valence-corrected chi connectivity index (χ4v) is 2.48. The summed E-state index contributed by atoms with van der Waals surface area (Å²) in [6.45, 7) is 10.7. The van der Waals surface area contributed by atoms with Crippen LogP contribution in [-0.4, -0.2) is 40.7 Å². The average molecular weight is 252 g/mol. The molecule has 0 bridgehead atoms. The number of aryl methyl sites for hydroxylation is 1. The number of nitrogens with zero attached hydrogens (tertiary/aromatic N) is 3. The van der Waals surface area contributed by atoms with Crippen LogP contribution in [-0.2, 0) is 6.54 Å². The van der Waals surface area contributed by atoms with Crippen molar-refractivity contribution < 1.29 is 4.52 Å². The lowest BCUT2D eigenvalue weighted by atomic mass is 10.0. The summed E-state index contributed by atoms with van der Waals surface area (Å²) in [5.74, 6) is 2.16. The summed E-state index contributed by atoms with van der Waals surface area (Å²) in [5.41, 5.74) is 0. The van der Waals surface area contributed by atoms with Crippen LogP contribution < -0.4 is 5.32 Å². The van der Waals surface area contributed by atoms with E-state index in [4.69, 9.17) is 4.52 Å². The molecule has 0 saturated carbocycles. The maximum Gasteiger partial charge on any atom is 0.223 e. The summed E-state index contributed by atoms with van der Waals surface area (Å²) in [6.07, 6.45) is 2.42. The number of hydrogen-bond donors (Lipinski definition) is 1. The minimum Gasteiger partial charge on any atom is -0.340 e. The number of nitrogens with one attached hydrogen (secondary N) is 1. The summed E-state index contributed by atoms with van der Waals surface area (Å²) >= 11 is 0. The molecule has 1 aromatic heterocycles. The van der Waals surface area contributed by atoms with E-state index in [1.807, 2.05) is 6.92 Å². The molecule has 0 amide bonds. The topological polar surface area (TPSA) is 54.2 Å². The molecular weight excluding hydrogens is 228 g/mol. The van der Waals surface area contributed by atoms with Crippen LogP contribution in [0.2, 0.25) is 0 Å². The quantitative estimate of drug-likeness (QED) is 0.862. The molecule has 0 radical (unpaired) electrons. The van der Waals surface area contributed by atoms with Gasteiger partial charge in [0.15, 0.2) is 5.82 Å². The van der Waals surface area contributed by atoms with Crippen molar-refractivity contribution in [2.45, 2.75) is 46.2 Å². The van der Waals surface area contributed by atoms with Crippen LogP contribution in [0.4, 0.5) is 0 Å². The van der Waals surface area contributed by atoms with E-state index in [2.05, 4.69) is 34.2 Å². The van der Waals surface area contributed by atoms with Crippen LogP contribution in [0.5, 0.6) is 0 Å². The van der Waals surface area contributed by atoms with Gasteiger partial charge in [0, 0.05) is 19.5 Å². The Morgan fingerprint density at radius 2 is 2.11 bits per heavy atom. The second kappa shape index (κ2) is 6.29. The Morgan fingerprint density at radius 3 is 2.67 bits per heavy atom. The fourth-order valence-electron chi connectivity index (χ4n) is 2.48. The van der Waals surface area contributed by atoms with E-state index in [9.17, 15) is 0 Å². The summed E-state index contributed by atoms with van der Waals surface area (Å²) < 4.78 is 4.96. The van der Waals surface area contributed by atoms with Crippen molar-refractivity contribution in [2.75, 3.05) is 19.6 Å². The van der Waals surface area contributed by atoms with Crippen LogP contribution in [0.1, 0.15) is 38.4 Å². The minimum atomic E-state index is 0.590. The van der Waals surface area contributed by atoms with Crippen molar-refractivity contribution in [3.05, 3.63) is 11.7 Å². The maximum absolute atomic E-state index is 4.96. The number of piperidine rings is 1. The Kier molecular flexibility index (Phi) is 4.72. The van der Waals surface area contributed by atoms with Gasteiger partial charge in [-0.3, -0.25) is 0 Å². The molecule has 18 heavy (non-hydrogen) atoms. The van der Waals surface area contributed by atoms with E-state index in [1.54, 1.807) is 0 Å². The van der Waals surface area contributed by atoms with Crippen LogP contribution in [0, 0.1) is 12.8 Å². The van der Waals surface area contributed by atoms with E-state index in [0.717, 1.165) is 11.7 Å². The van der Waals surface area contributed by atoms with Gasteiger partial charge in [0.2, 0.25) is 5.89 Å². The summed E-state index contributed by atoms with van der Waals surface area (Å²) in [7, 11) is 0. The molecule has 102 valence electrons. The molecule has 1 aromatic rings. The number of hydrogen-bond acceptors (Lipinski definition) is 5. The third-order valence-electron chi connectivity index (χ3n) is 3.33. The van der Waals surface area contributed by atoms with Gasteiger partial charge in [-0.1, -0.05) is 19.0 Å². The van der Waals surface area contributed by atoms with E-state index >= 15 is 0 Å². The number of likely N-dealkylation sites (tertiary alicyclic amines) is 1. The lowest BCUT2D eigenvalue weighted by molar-refractivity contribution is 0.179. The Hall–Kier alpha value is -0.940. The van der Waals surface area contributed by atoms with Crippen LogP contribution in [0.25, 0.3) is 0 Å². The van der Waals surface area contributed by atoms with E-state index in [1.165, 1.54) is 32.5 Å². The first-order valence-electron chi connectivity index (χ1n) is 6.88. The molecule has 2 heterocycles. The highest BCUT2D eigenvalue weighted by atomic mass is 16.5. The normalized spacial score (nSPS) is 18.7. The number of rotatable bonds is 5. The van der Waals surface area contributed by atoms with Crippen molar-refractivity contribution in [3.8, 4) is 0 Å². The Bertz CT molecular complexity index is 356. The van der Waals surface area contributed by atoms with Crippen molar-refractivity contribution in [2.24, 2.45) is 5.92 Å². The third kappa shape index (κ3) is 4.07. The van der Waals surface area contributed by atoms with Gasteiger partial charge >= 0.3 is 0 Å². The van der Waals surface area contributed by atoms with Gasteiger partial charge in [-0.05, 0) is 31.8 Å². The number of aromatic nitrogens is 2. The molecule has 5 heteroatoms. The van der Waals surface area contributed by atoms with Gasteiger partial charge < -0.3 is 14.7 Å². The average Bonchev–Trinajstić information content (AvgIpc) is 2.74. The molecule has 5 nitrogen and oxygen atoms in total. The molecular formula is C13H24N4O. The lowest BCUT2D eigenvalue weighted by Crippen LogP contribution is -2.43. The third-order valence-corrected chi connectivity index (χ3v) is 3.33. The van der Waals surface area contributed by atoms with Crippen molar-refractivity contribution in [1.82, 2.24) is 20.4 Å². The lowest BCUT2D eigenvalue weighted by Gasteiger charge is -2.33. The predicted octanol–water partition coefficient (Wildman–Crippen LogP) is 1.59. The molecule has 0 aliphatic carbocycles. The highest BCUT2D eigenvalue weighted by Crippen LogP contribution is 2.12. The molecule has 1 aliphatic heterocycles. The van der Waals surface area contributed by atoms with Crippen LogP contribution >= 0.6 is 0 Å². The van der Waals surface area contributed by atoms with Crippen molar-refractivity contribution >= 4 is 0 Å². The van der Waals surface area contributed by atoms with Crippen LogP contribution in [0.3, 0.4) is 0 Å². The maximum atomic E-state index is 4.96. The largest absolute Gasteiger partial charge is 0.340 e. The molecule has 0 aromatic carbocycles. The van der Waals surface area contributed by atoms with Crippen molar-refractivity contribution in [1.29, 1.82) is 0 Å². The summed E-state index contributed by atoms with van der Waals surface area (Å²) in [5, 5.41) is 7.41. The van der Waals surface area contributed by atoms with Gasteiger partial charge in [0.1, 0.15) is 0 Å². The molecule has 1 fully saturated rings. The smallest absolute Gasteiger partial charge is 0.223 e. The molecule has 0 unspecified atom stereocenters. The van der Waals surface area contributed by atoms with Gasteiger partial charge in [-0.15, -0.1) is 0 Å². The first-order chi connectivity index (χ1) is 8.63. The van der Waals surface area contributed by atoms with E-state index < -0.39 is 0 Å². The zero-order valence-electron chi connectivity index (χ0n) is 11.6. The van der Waals surface area contributed by atoms with E-state index in [0.29, 0.717) is 18.5 Å².